The standard InChI is InChI=1S/C28H27FN2O3/c29-25-7-2-1-5-23(25)6-3-4-20-8-10-21(11-9-20)12-13-22-14-16-24(17-15-22)28(34)31-26(18-30)27(33)19-32/h1-2,5,7-11,14-17,26,32H,3-4,6,18-19,30H2,(H,31,34)/t26-/m0/s1. The molecule has 3 aromatic carbocycles. The van der Waals surface area contributed by atoms with E-state index in [2.05, 4.69) is 17.2 Å². The molecule has 0 radical (unpaired) electrons. The van der Waals surface area contributed by atoms with Crippen LogP contribution in [0.3, 0.4) is 0 Å². The van der Waals surface area contributed by atoms with Crippen LogP contribution in [0.25, 0.3) is 0 Å². The number of halogens is 1. The van der Waals surface area contributed by atoms with E-state index < -0.39 is 24.3 Å². The summed E-state index contributed by atoms with van der Waals surface area (Å²) in [7, 11) is 0. The Balaban J connectivity index is 1.53. The molecule has 0 fully saturated rings. The molecule has 0 aliphatic heterocycles. The van der Waals surface area contributed by atoms with Crippen molar-refractivity contribution in [3.8, 4) is 11.8 Å². The first-order valence-corrected chi connectivity index (χ1v) is 11.1. The number of carbonyl (C=O) groups excluding carboxylic acids is 2. The number of amides is 1. The maximum atomic E-state index is 13.7. The van der Waals surface area contributed by atoms with E-state index in [1.165, 1.54) is 11.6 Å². The number of aliphatic hydroxyl groups excluding tert-OH is 1. The zero-order valence-corrected chi connectivity index (χ0v) is 18.8. The Morgan fingerprint density at radius 1 is 0.912 bits per heavy atom. The third-order valence-corrected chi connectivity index (χ3v) is 5.41. The Kier molecular flexibility index (Phi) is 9.10. The van der Waals surface area contributed by atoms with Crippen LogP contribution in [0.15, 0.2) is 72.8 Å². The van der Waals surface area contributed by atoms with E-state index in [1.807, 2.05) is 36.4 Å². The van der Waals surface area contributed by atoms with Crippen molar-refractivity contribution in [1.82, 2.24) is 5.32 Å². The number of Topliss-reactive ketones (excluding diaryl/α,β-unsaturated/α-hetero) is 1. The Morgan fingerprint density at radius 3 is 2.12 bits per heavy atom. The van der Waals surface area contributed by atoms with Crippen LogP contribution >= 0.6 is 0 Å². The molecule has 3 rings (SSSR count). The highest BCUT2D eigenvalue weighted by Crippen LogP contribution is 2.12. The van der Waals surface area contributed by atoms with Crippen molar-refractivity contribution < 1.29 is 19.1 Å². The van der Waals surface area contributed by atoms with E-state index in [1.54, 1.807) is 30.3 Å². The number of rotatable bonds is 9. The molecular formula is C28H27FN2O3. The minimum Gasteiger partial charge on any atom is -0.388 e. The van der Waals surface area contributed by atoms with Crippen LogP contribution < -0.4 is 11.1 Å². The Bertz CT molecular complexity index is 1180. The monoisotopic (exact) mass is 458 g/mol. The highest BCUT2D eigenvalue weighted by Gasteiger charge is 2.18. The lowest BCUT2D eigenvalue weighted by Gasteiger charge is -2.14. The van der Waals surface area contributed by atoms with Gasteiger partial charge >= 0.3 is 0 Å². The predicted octanol–water partition coefficient (Wildman–Crippen LogP) is 3.02. The topological polar surface area (TPSA) is 92.4 Å². The Morgan fingerprint density at radius 2 is 1.53 bits per heavy atom. The number of nitrogens with two attached hydrogens (primary N) is 1. The van der Waals surface area contributed by atoms with Crippen LogP contribution in [-0.2, 0) is 17.6 Å². The first kappa shape index (κ1) is 24.8. The molecule has 0 aromatic heterocycles. The number of carbonyl (C=O) groups is 2. The maximum Gasteiger partial charge on any atom is 0.251 e. The zero-order valence-electron chi connectivity index (χ0n) is 18.8. The van der Waals surface area contributed by atoms with Crippen molar-refractivity contribution in [1.29, 1.82) is 0 Å². The molecule has 0 heterocycles. The number of nitrogens with one attached hydrogen (secondary N) is 1. The number of ketones is 1. The van der Waals surface area contributed by atoms with Crippen molar-refractivity contribution in [2.24, 2.45) is 5.73 Å². The second kappa shape index (κ2) is 12.4. The van der Waals surface area contributed by atoms with Gasteiger partial charge in [0.05, 0.1) is 0 Å². The van der Waals surface area contributed by atoms with Gasteiger partial charge in [-0.05, 0) is 72.9 Å². The molecule has 4 N–H and O–H groups in total. The van der Waals surface area contributed by atoms with E-state index in [4.69, 9.17) is 10.8 Å². The number of aliphatic hydroxyl groups is 1. The van der Waals surface area contributed by atoms with Crippen molar-refractivity contribution in [3.05, 3.63) is 106 Å². The third-order valence-electron chi connectivity index (χ3n) is 5.41. The molecule has 0 saturated carbocycles. The van der Waals surface area contributed by atoms with Gasteiger partial charge in [0.25, 0.3) is 5.91 Å². The summed E-state index contributed by atoms with van der Waals surface area (Å²) in [5.41, 5.74) is 9.38. The van der Waals surface area contributed by atoms with Crippen LogP contribution in [0.5, 0.6) is 0 Å². The molecule has 0 aliphatic rings. The van der Waals surface area contributed by atoms with Gasteiger partial charge in [-0.1, -0.05) is 42.2 Å². The molecular weight excluding hydrogens is 431 g/mol. The molecule has 0 saturated heterocycles. The van der Waals surface area contributed by atoms with Gasteiger partial charge in [-0.3, -0.25) is 9.59 Å². The van der Waals surface area contributed by atoms with Gasteiger partial charge in [0.15, 0.2) is 5.78 Å². The average Bonchev–Trinajstić information content (AvgIpc) is 2.87. The normalized spacial score (nSPS) is 11.3. The zero-order chi connectivity index (χ0) is 24.3. The molecule has 0 bridgehead atoms. The van der Waals surface area contributed by atoms with Gasteiger partial charge in [0.2, 0.25) is 0 Å². The SMILES string of the molecule is NC[C@H](NC(=O)c1ccc(C#Cc2ccc(CCCc3ccccc3F)cc2)cc1)C(=O)CO. The number of benzene rings is 3. The minimum absolute atomic E-state index is 0.0843. The minimum atomic E-state index is -0.917. The average molecular weight is 459 g/mol. The van der Waals surface area contributed by atoms with Gasteiger partial charge in [0.1, 0.15) is 18.5 Å². The van der Waals surface area contributed by atoms with Crippen molar-refractivity contribution >= 4 is 11.7 Å². The Hall–Kier alpha value is -3.79. The Labute approximate surface area is 198 Å². The van der Waals surface area contributed by atoms with Crippen molar-refractivity contribution in [2.45, 2.75) is 25.3 Å². The summed E-state index contributed by atoms with van der Waals surface area (Å²) in [5.74, 6) is 5.04. The van der Waals surface area contributed by atoms with Gasteiger partial charge in [-0.15, -0.1) is 0 Å². The van der Waals surface area contributed by atoms with Crippen LogP contribution in [0.4, 0.5) is 4.39 Å². The van der Waals surface area contributed by atoms with E-state index in [-0.39, 0.29) is 12.4 Å². The summed E-state index contributed by atoms with van der Waals surface area (Å²) < 4.78 is 13.7. The smallest absolute Gasteiger partial charge is 0.251 e. The molecule has 6 heteroatoms. The molecule has 34 heavy (non-hydrogen) atoms. The fraction of sp³-hybridized carbons (Fsp3) is 0.214. The third kappa shape index (κ3) is 7.11. The number of hydrogen-bond donors (Lipinski definition) is 3. The second-order valence-electron chi connectivity index (χ2n) is 7.86. The first-order chi connectivity index (χ1) is 16.5. The van der Waals surface area contributed by atoms with Crippen LogP contribution in [0.2, 0.25) is 0 Å². The van der Waals surface area contributed by atoms with E-state index >= 15 is 0 Å². The van der Waals surface area contributed by atoms with Crippen LogP contribution in [0.1, 0.15) is 39.0 Å². The molecule has 1 atom stereocenters. The van der Waals surface area contributed by atoms with E-state index in [0.717, 1.165) is 29.5 Å². The number of hydrogen-bond acceptors (Lipinski definition) is 4. The molecule has 0 spiro atoms. The lowest BCUT2D eigenvalue weighted by Crippen LogP contribution is -2.46. The van der Waals surface area contributed by atoms with Crippen molar-refractivity contribution in [3.63, 3.8) is 0 Å². The maximum absolute atomic E-state index is 13.7. The van der Waals surface area contributed by atoms with Gasteiger partial charge in [0, 0.05) is 23.2 Å². The number of aryl methyl sites for hydroxylation is 2. The summed E-state index contributed by atoms with van der Waals surface area (Å²) >= 11 is 0. The summed E-state index contributed by atoms with van der Waals surface area (Å²) in [6, 6.07) is 20.6. The molecule has 0 aliphatic carbocycles. The lowest BCUT2D eigenvalue weighted by atomic mass is 10.0. The van der Waals surface area contributed by atoms with Gasteiger partial charge in [-0.2, -0.15) is 0 Å². The van der Waals surface area contributed by atoms with Crippen molar-refractivity contribution in [2.75, 3.05) is 13.2 Å². The largest absolute Gasteiger partial charge is 0.388 e. The van der Waals surface area contributed by atoms with Gasteiger partial charge < -0.3 is 16.2 Å². The fourth-order valence-corrected chi connectivity index (χ4v) is 3.41. The van der Waals surface area contributed by atoms with Gasteiger partial charge in [-0.25, -0.2) is 4.39 Å². The quantitative estimate of drug-likeness (QED) is 0.430. The molecule has 3 aromatic rings. The summed E-state index contributed by atoms with van der Waals surface area (Å²) in [5, 5.41) is 11.4. The van der Waals surface area contributed by atoms with Crippen LogP contribution in [0, 0.1) is 17.7 Å². The lowest BCUT2D eigenvalue weighted by molar-refractivity contribution is -0.123. The predicted molar refractivity (Wildman–Crippen MR) is 130 cm³/mol. The molecule has 5 nitrogen and oxygen atoms in total. The highest BCUT2D eigenvalue weighted by atomic mass is 19.1. The van der Waals surface area contributed by atoms with E-state index in [9.17, 15) is 14.0 Å². The summed E-state index contributed by atoms with van der Waals surface area (Å²) in [4.78, 5) is 23.8. The summed E-state index contributed by atoms with van der Waals surface area (Å²) in [6.45, 7) is -0.760. The molecule has 1 amide bonds. The second-order valence-corrected chi connectivity index (χ2v) is 7.86. The van der Waals surface area contributed by atoms with Crippen LogP contribution in [-0.4, -0.2) is 36.0 Å². The first-order valence-electron chi connectivity index (χ1n) is 11.1. The molecule has 0 unspecified atom stereocenters. The van der Waals surface area contributed by atoms with E-state index in [0.29, 0.717) is 12.0 Å². The fourth-order valence-electron chi connectivity index (χ4n) is 3.41. The summed E-state index contributed by atoms with van der Waals surface area (Å²) in [6.07, 6.45) is 2.43. The highest BCUT2D eigenvalue weighted by molar-refractivity contribution is 5.98. The molecule has 174 valence electrons.